The summed E-state index contributed by atoms with van der Waals surface area (Å²) >= 11 is 0. The van der Waals surface area contributed by atoms with Crippen LogP contribution in [0.25, 0.3) is 0 Å². The Morgan fingerprint density at radius 1 is 0.733 bits per heavy atom. The van der Waals surface area contributed by atoms with Gasteiger partial charge in [-0.3, -0.25) is 0 Å². The standard InChI is InChI=1S/C21H34N4O5/c1-20(2,3)29-18(27)24-9-11-7-13(24)15(11)22-17(26)23-16-12-8-14(16)25(10-12)19(28)30-21(4,5)6/h11-16H,7-10H2,1-6H3,(H2,22,23,26)/t11-,12+,13-,14+,15+,16-. The average molecular weight is 423 g/mol. The predicted octanol–water partition coefficient (Wildman–Crippen LogP) is 2.30. The molecule has 4 saturated heterocycles. The van der Waals surface area contributed by atoms with Crippen LogP contribution in [0.4, 0.5) is 14.4 Å². The minimum absolute atomic E-state index is 0.00743. The van der Waals surface area contributed by atoms with E-state index < -0.39 is 11.2 Å². The normalized spacial score (nSPS) is 34.1. The highest BCUT2D eigenvalue weighted by molar-refractivity contribution is 5.77. The van der Waals surface area contributed by atoms with Gasteiger partial charge >= 0.3 is 18.2 Å². The summed E-state index contributed by atoms with van der Waals surface area (Å²) in [6.45, 7) is 12.3. The van der Waals surface area contributed by atoms with Crippen molar-refractivity contribution in [2.45, 2.75) is 89.8 Å². The highest BCUT2D eigenvalue weighted by Gasteiger charge is 2.57. The van der Waals surface area contributed by atoms with Crippen molar-refractivity contribution in [2.75, 3.05) is 13.1 Å². The lowest BCUT2D eigenvalue weighted by Gasteiger charge is -2.40. The van der Waals surface area contributed by atoms with Crippen molar-refractivity contribution in [3.63, 3.8) is 0 Å². The van der Waals surface area contributed by atoms with E-state index >= 15 is 0 Å². The van der Waals surface area contributed by atoms with Crippen LogP contribution in [-0.4, -0.2) is 76.5 Å². The second-order valence-corrected chi connectivity index (χ2v) is 11.1. The first-order chi connectivity index (χ1) is 13.8. The number of ether oxygens (including phenoxy) is 2. The quantitative estimate of drug-likeness (QED) is 0.711. The van der Waals surface area contributed by atoms with Crippen LogP contribution >= 0.6 is 0 Å². The molecule has 9 nitrogen and oxygen atoms in total. The van der Waals surface area contributed by atoms with Gasteiger partial charge < -0.3 is 29.9 Å². The number of hydrogen-bond acceptors (Lipinski definition) is 5. The summed E-state index contributed by atoms with van der Waals surface area (Å²) in [5.41, 5.74) is -1.07. The third-order valence-corrected chi connectivity index (χ3v) is 6.45. The van der Waals surface area contributed by atoms with Crippen molar-refractivity contribution in [3.05, 3.63) is 0 Å². The minimum Gasteiger partial charge on any atom is -0.444 e. The van der Waals surface area contributed by atoms with Gasteiger partial charge in [0.15, 0.2) is 0 Å². The monoisotopic (exact) mass is 422 g/mol. The number of urea groups is 1. The summed E-state index contributed by atoms with van der Waals surface area (Å²) in [7, 11) is 0. The van der Waals surface area contributed by atoms with E-state index in [2.05, 4.69) is 10.6 Å². The molecule has 4 aliphatic heterocycles. The van der Waals surface area contributed by atoms with Gasteiger partial charge in [0.1, 0.15) is 11.2 Å². The van der Waals surface area contributed by atoms with Crippen LogP contribution in [0.5, 0.6) is 0 Å². The minimum atomic E-state index is -0.534. The fourth-order valence-corrected chi connectivity index (χ4v) is 5.07. The van der Waals surface area contributed by atoms with E-state index in [0.717, 1.165) is 12.8 Å². The zero-order valence-electron chi connectivity index (χ0n) is 18.7. The molecule has 4 bridgehead atoms. The summed E-state index contributed by atoms with van der Waals surface area (Å²) in [5.74, 6) is 0.536. The number of hydrogen-bond donors (Lipinski definition) is 2. The second-order valence-electron chi connectivity index (χ2n) is 11.1. The fourth-order valence-electron chi connectivity index (χ4n) is 5.07. The molecule has 6 fully saturated rings. The van der Waals surface area contributed by atoms with Crippen LogP contribution in [-0.2, 0) is 9.47 Å². The highest BCUT2D eigenvalue weighted by atomic mass is 16.6. The highest BCUT2D eigenvalue weighted by Crippen LogP contribution is 2.43. The number of fused-ring (bicyclic) bond motifs is 2. The Balaban J connectivity index is 1.26. The van der Waals surface area contributed by atoms with Crippen molar-refractivity contribution in [2.24, 2.45) is 11.8 Å². The smallest absolute Gasteiger partial charge is 0.410 e. The van der Waals surface area contributed by atoms with Gasteiger partial charge in [-0.25, -0.2) is 14.4 Å². The summed E-state index contributed by atoms with van der Waals surface area (Å²) in [6, 6.07) is -0.333. The third kappa shape index (κ3) is 3.90. The number of carbonyl (C=O) groups is 3. The van der Waals surface area contributed by atoms with Crippen LogP contribution in [0.3, 0.4) is 0 Å². The van der Waals surface area contributed by atoms with E-state index in [-0.39, 0.29) is 54.2 Å². The van der Waals surface area contributed by atoms with Gasteiger partial charge in [-0.1, -0.05) is 0 Å². The van der Waals surface area contributed by atoms with Gasteiger partial charge in [0.2, 0.25) is 0 Å². The maximum absolute atomic E-state index is 12.6. The number of amides is 4. The number of rotatable bonds is 2. The SMILES string of the molecule is CC(C)(C)OC(=O)N1C[C@H]2C[C@@H]1[C@H]2NC(=O)N[C@@H]1[C@H]2C[C@@H]1N(C(=O)OC(C)(C)C)C2. The molecule has 0 aromatic carbocycles. The number of nitrogens with one attached hydrogen (secondary N) is 2. The Hall–Kier alpha value is -2.19. The molecule has 6 rings (SSSR count). The topological polar surface area (TPSA) is 100 Å². The van der Waals surface area contributed by atoms with Gasteiger partial charge in [0.25, 0.3) is 0 Å². The average Bonchev–Trinajstić information content (AvgIpc) is 3.31. The molecule has 0 aromatic rings. The zero-order valence-corrected chi connectivity index (χ0v) is 18.7. The molecule has 0 unspecified atom stereocenters. The molecular formula is C21H34N4O5. The van der Waals surface area contributed by atoms with Crippen molar-refractivity contribution < 1.29 is 23.9 Å². The predicted molar refractivity (Wildman–Crippen MR) is 109 cm³/mol. The van der Waals surface area contributed by atoms with Crippen LogP contribution in [0.1, 0.15) is 54.4 Å². The largest absolute Gasteiger partial charge is 0.444 e. The lowest BCUT2D eigenvalue weighted by molar-refractivity contribution is 0.0222. The van der Waals surface area contributed by atoms with Crippen molar-refractivity contribution in [3.8, 4) is 0 Å². The Morgan fingerprint density at radius 3 is 1.43 bits per heavy atom. The molecule has 9 heteroatoms. The van der Waals surface area contributed by atoms with Crippen LogP contribution < -0.4 is 10.6 Å². The van der Waals surface area contributed by atoms with Crippen LogP contribution in [0.2, 0.25) is 0 Å². The van der Waals surface area contributed by atoms with Gasteiger partial charge in [-0.2, -0.15) is 0 Å². The summed E-state index contributed by atoms with van der Waals surface area (Å²) in [4.78, 5) is 40.8. The van der Waals surface area contributed by atoms with Gasteiger partial charge in [-0.05, 0) is 54.4 Å². The maximum Gasteiger partial charge on any atom is 0.410 e. The lowest BCUT2D eigenvalue weighted by atomic mass is 9.79. The molecule has 0 aromatic heterocycles. The third-order valence-electron chi connectivity index (χ3n) is 6.45. The molecule has 2 saturated carbocycles. The van der Waals surface area contributed by atoms with Crippen LogP contribution in [0.15, 0.2) is 0 Å². The molecule has 4 amide bonds. The number of carbonyl (C=O) groups excluding carboxylic acids is 3. The molecule has 0 radical (unpaired) electrons. The van der Waals surface area contributed by atoms with Crippen molar-refractivity contribution in [1.82, 2.24) is 20.4 Å². The van der Waals surface area contributed by atoms with Gasteiger partial charge in [0, 0.05) is 24.9 Å². The van der Waals surface area contributed by atoms with E-state index in [9.17, 15) is 14.4 Å². The number of nitrogens with zero attached hydrogens (tertiary/aromatic N) is 2. The molecule has 6 aliphatic rings. The molecule has 6 atom stereocenters. The van der Waals surface area contributed by atoms with Crippen LogP contribution in [0, 0.1) is 11.8 Å². The fraction of sp³-hybridized carbons (Fsp3) is 0.857. The molecule has 4 heterocycles. The summed E-state index contributed by atoms with van der Waals surface area (Å²) < 4.78 is 11.0. The van der Waals surface area contributed by atoms with Crippen molar-refractivity contribution in [1.29, 1.82) is 0 Å². The Labute approximate surface area is 177 Å². The molecular weight excluding hydrogens is 388 g/mol. The second kappa shape index (κ2) is 6.92. The van der Waals surface area contributed by atoms with E-state index in [1.165, 1.54) is 0 Å². The summed E-state index contributed by atoms with van der Waals surface area (Å²) in [6.07, 6.45) is 1.16. The van der Waals surface area contributed by atoms with Gasteiger partial charge in [0.05, 0.1) is 24.2 Å². The Morgan fingerprint density at radius 2 is 1.10 bits per heavy atom. The van der Waals surface area contributed by atoms with E-state index in [0.29, 0.717) is 13.1 Å². The maximum atomic E-state index is 12.6. The summed E-state index contributed by atoms with van der Waals surface area (Å²) in [5, 5.41) is 6.08. The van der Waals surface area contributed by atoms with E-state index in [1.54, 1.807) is 9.80 Å². The van der Waals surface area contributed by atoms with Crippen molar-refractivity contribution >= 4 is 18.2 Å². The molecule has 168 valence electrons. The molecule has 30 heavy (non-hydrogen) atoms. The lowest BCUT2D eigenvalue weighted by Crippen LogP contribution is -2.62. The first-order valence-corrected chi connectivity index (χ1v) is 10.9. The zero-order chi connectivity index (χ0) is 22.0. The Bertz CT molecular complexity index is 683. The van der Waals surface area contributed by atoms with Gasteiger partial charge in [-0.15, -0.1) is 0 Å². The first kappa shape index (κ1) is 21.1. The van der Waals surface area contributed by atoms with E-state index in [4.69, 9.17) is 9.47 Å². The molecule has 0 spiro atoms. The molecule has 2 N–H and O–H groups in total. The Kier molecular flexibility index (Phi) is 4.86. The van der Waals surface area contributed by atoms with E-state index in [1.807, 2.05) is 41.5 Å². The molecule has 2 aliphatic carbocycles. The first-order valence-electron chi connectivity index (χ1n) is 10.9.